The fraction of sp³-hybridized carbons (Fsp3) is 0.524. The quantitative estimate of drug-likeness (QED) is 0.333. The van der Waals surface area contributed by atoms with E-state index in [1.165, 1.54) is 22.4 Å². The molecule has 28 heavy (non-hydrogen) atoms. The molecule has 0 radical (unpaired) electrons. The summed E-state index contributed by atoms with van der Waals surface area (Å²) in [5, 5.41) is 11.2. The first-order valence-electron chi connectivity index (χ1n) is 9.61. The molecule has 1 aromatic heterocycles. The third-order valence-corrected chi connectivity index (χ3v) is 4.76. The van der Waals surface area contributed by atoms with Crippen molar-refractivity contribution in [2.45, 2.75) is 40.5 Å². The average molecular weight is 499 g/mol. The van der Waals surface area contributed by atoms with Crippen LogP contribution in [-0.4, -0.2) is 42.5 Å². The number of rotatable bonds is 8. The van der Waals surface area contributed by atoms with Gasteiger partial charge in [0.1, 0.15) is 5.75 Å². The smallest absolute Gasteiger partial charge is 0.191 e. The van der Waals surface area contributed by atoms with E-state index in [-0.39, 0.29) is 24.0 Å². The molecule has 0 unspecified atom stereocenters. The standard InChI is InChI=1S/C21H33N5O.HI/c1-7-22-21(24-13-11-19-16(3)25-26(5)17(19)4)23-12-10-18-14-15(2)8-9-20(18)27-6;/h8-9,14H,7,10-13H2,1-6H3,(H2,22,23,24);1H. The number of nitrogens with zero attached hydrogens (tertiary/aromatic N) is 3. The van der Waals surface area contributed by atoms with E-state index in [9.17, 15) is 0 Å². The molecular weight excluding hydrogens is 465 g/mol. The van der Waals surface area contributed by atoms with Crippen LogP contribution in [0.3, 0.4) is 0 Å². The lowest BCUT2D eigenvalue weighted by Crippen LogP contribution is -2.38. The van der Waals surface area contributed by atoms with Crippen LogP contribution < -0.4 is 15.4 Å². The van der Waals surface area contributed by atoms with Crippen LogP contribution in [0.1, 0.15) is 35.0 Å². The fourth-order valence-corrected chi connectivity index (χ4v) is 3.22. The Bertz CT molecular complexity index is 785. The number of hydrogen-bond donors (Lipinski definition) is 2. The minimum absolute atomic E-state index is 0. The largest absolute Gasteiger partial charge is 0.496 e. The molecule has 0 aliphatic rings. The van der Waals surface area contributed by atoms with Crippen LogP contribution in [0, 0.1) is 20.8 Å². The Morgan fingerprint density at radius 1 is 1.18 bits per heavy atom. The van der Waals surface area contributed by atoms with E-state index in [1.807, 2.05) is 17.8 Å². The minimum atomic E-state index is 0. The molecular formula is C21H34IN5O. The van der Waals surface area contributed by atoms with E-state index in [2.05, 4.69) is 55.6 Å². The Labute approximate surface area is 186 Å². The predicted molar refractivity (Wildman–Crippen MR) is 127 cm³/mol. The van der Waals surface area contributed by atoms with E-state index in [0.29, 0.717) is 0 Å². The van der Waals surface area contributed by atoms with Gasteiger partial charge in [0, 0.05) is 32.4 Å². The molecule has 0 atom stereocenters. The topological polar surface area (TPSA) is 63.5 Å². The lowest BCUT2D eigenvalue weighted by atomic mass is 10.1. The van der Waals surface area contributed by atoms with Gasteiger partial charge in [0.05, 0.1) is 12.8 Å². The van der Waals surface area contributed by atoms with Crippen molar-refractivity contribution in [3.63, 3.8) is 0 Å². The van der Waals surface area contributed by atoms with Gasteiger partial charge in [-0.1, -0.05) is 17.7 Å². The zero-order chi connectivity index (χ0) is 19.8. The lowest BCUT2D eigenvalue weighted by molar-refractivity contribution is 0.409. The monoisotopic (exact) mass is 499 g/mol. The van der Waals surface area contributed by atoms with E-state index in [4.69, 9.17) is 9.73 Å². The number of methoxy groups -OCH3 is 1. The molecule has 0 fully saturated rings. The molecule has 0 aliphatic heterocycles. The van der Waals surface area contributed by atoms with Crippen molar-refractivity contribution in [2.24, 2.45) is 12.0 Å². The van der Waals surface area contributed by atoms with Crippen LogP contribution in [0.25, 0.3) is 0 Å². The van der Waals surface area contributed by atoms with Gasteiger partial charge in [-0.25, -0.2) is 0 Å². The molecule has 2 rings (SSSR count). The maximum atomic E-state index is 5.46. The molecule has 6 nitrogen and oxygen atoms in total. The van der Waals surface area contributed by atoms with Crippen LogP contribution in [0.2, 0.25) is 0 Å². The molecule has 0 amide bonds. The van der Waals surface area contributed by atoms with Crippen molar-refractivity contribution in [1.82, 2.24) is 20.4 Å². The minimum Gasteiger partial charge on any atom is -0.496 e. The van der Waals surface area contributed by atoms with Crippen molar-refractivity contribution in [3.05, 3.63) is 46.3 Å². The third kappa shape index (κ3) is 6.68. The second kappa shape index (κ2) is 11.9. The number of halogens is 1. The number of benzene rings is 1. The van der Waals surface area contributed by atoms with Gasteiger partial charge in [0.15, 0.2) is 5.96 Å². The first kappa shape index (κ1) is 24.3. The van der Waals surface area contributed by atoms with E-state index >= 15 is 0 Å². The van der Waals surface area contributed by atoms with Gasteiger partial charge >= 0.3 is 0 Å². The van der Waals surface area contributed by atoms with Gasteiger partial charge in [-0.2, -0.15) is 5.10 Å². The van der Waals surface area contributed by atoms with Gasteiger partial charge in [-0.15, -0.1) is 24.0 Å². The SMILES string of the molecule is CCNC(=NCCc1c(C)nn(C)c1C)NCCc1cc(C)ccc1OC.I. The molecule has 7 heteroatoms. The summed E-state index contributed by atoms with van der Waals surface area (Å²) in [6.07, 6.45) is 1.78. The van der Waals surface area contributed by atoms with Crippen LogP contribution >= 0.6 is 24.0 Å². The molecule has 0 saturated carbocycles. The highest BCUT2D eigenvalue weighted by molar-refractivity contribution is 14.0. The van der Waals surface area contributed by atoms with Crippen molar-refractivity contribution >= 4 is 29.9 Å². The molecule has 1 aromatic carbocycles. The Hall–Kier alpha value is -1.77. The summed E-state index contributed by atoms with van der Waals surface area (Å²) >= 11 is 0. The molecule has 0 bridgehead atoms. The highest BCUT2D eigenvalue weighted by atomic mass is 127. The molecule has 156 valence electrons. The van der Waals surface area contributed by atoms with Gasteiger partial charge in [-0.3, -0.25) is 9.67 Å². The number of guanidine groups is 1. The summed E-state index contributed by atoms with van der Waals surface area (Å²) in [5.41, 5.74) is 6.06. The van der Waals surface area contributed by atoms with Gasteiger partial charge in [-0.05, 0) is 57.7 Å². The fourth-order valence-electron chi connectivity index (χ4n) is 3.22. The average Bonchev–Trinajstić information content (AvgIpc) is 2.88. The molecule has 0 spiro atoms. The summed E-state index contributed by atoms with van der Waals surface area (Å²) in [6.45, 7) is 10.7. The molecule has 0 saturated heterocycles. The van der Waals surface area contributed by atoms with Gasteiger partial charge in [0.25, 0.3) is 0 Å². The Morgan fingerprint density at radius 2 is 1.93 bits per heavy atom. The Balaban J connectivity index is 0.00000392. The first-order chi connectivity index (χ1) is 13.0. The summed E-state index contributed by atoms with van der Waals surface area (Å²) in [4.78, 5) is 4.72. The maximum Gasteiger partial charge on any atom is 0.191 e. The van der Waals surface area contributed by atoms with Crippen molar-refractivity contribution in [1.29, 1.82) is 0 Å². The highest BCUT2D eigenvalue weighted by Gasteiger charge is 2.09. The zero-order valence-electron chi connectivity index (χ0n) is 17.9. The van der Waals surface area contributed by atoms with Crippen LogP contribution in [0.15, 0.2) is 23.2 Å². The maximum absolute atomic E-state index is 5.46. The summed E-state index contributed by atoms with van der Waals surface area (Å²) in [5.74, 6) is 1.79. The molecule has 2 aromatic rings. The van der Waals surface area contributed by atoms with E-state index in [1.54, 1.807) is 7.11 Å². The Morgan fingerprint density at radius 3 is 2.54 bits per heavy atom. The highest BCUT2D eigenvalue weighted by Crippen LogP contribution is 2.19. The number of ether oxygens (including phenoxy) is 1. The van der Waals surface area contributed by atoms with Crippen LogP contribution in [-0.2, 0) is 19.9 Å². The van der Waals surface area contributed by atoms with E-state index in [0.717, 1.165) is 49.9 Å². The summed E-state index contributed by atoms with van der Waals surface area (Å²) in [6, 6.07) is 6.28. The van der Waals surface area contributed by atoms with E-state index < -0.39 is 0 Å². The van der Waals surface area contributed by atoms with Crippen LogP contribution in [0.5, 0.6) is 5.75 Å². The molecule has 1 heterocycles. The second-order valence-corrected chi connectivity index (χ2v) is 6.78. The molecule has 0 aliphatic carbocycles. The zero-order valence-corrected chi connectivity index (χ0v) is 20.3. The first-order valence-corrected chi connectivity index (χ1v) is 9.61. The van der Waals surface area contributed by atoms with Crippen LogP contribution in [0.4, 0.5) is 0 Å². The van der Waals surface area contributed by atoms with Crippen molar-refractivity contribution in [2.75, 3.05) is 26.7 Å². The van der Waals surface area contributed by atoms with Crippen molar-refractivity contribution in [3.8, 4) is 5.75 Å². The number of aliphatic imine (C=N–C) groups is 1. The second-order valence-electron chi connectivity index (χ2n) is 6.78. The third-order valence-electron chi connectivity index (χ3n) is 4.76. The van der Waals surface area contributed by atoms with Crippen molar-refractivity contribution < 1.29 is 4.74 Å². The van der Waals surface area contributed by atoms with Gasteiger partial charge < -0.3 is 15.4 Å². The summed E-state index contributed by atoms with van der Waals surface area (Å²) in [7, 11) is 3.70. The number of hydrogen-bond acceptors (Lipinski definition) is 3. The number of aryl methyl sites for hydroxylation is 3. The Kier molecular flexibility index (Phi) is 10.3. The molecule has 2 N–H and O–H groups in total. The number of nitrogens with one attached hydrogen (secondary N) is 2. The summed E-state index contributed by atoms with van der Waals surface area (Å²) < 4.78 is 7.40. The predicted octanol–water partition coefficient (Wildman–Crippen LogP) is 3.31. The lowest BCUT2D eigenvalue weighted by Gasteiger charge is -2.13. The number of aromatic nitrogens is 2. The normalized spacial score (nSPS) is 11.1. The van der Waals surface area contributed by atoms with Gasteiger partial charge in [0.2, 0.25) is 0 Å².